The summed E-state index contributed by atoms with van der Waals surface area (Å²) in [6.07, 6.45) is 8.26. The Balaban J connectivity index is 0.000000168. The van der Waals surface area contributed by atoms with Gasteiger partial charge in [-0.05, 0) is 73.7 Å². The molecule has 4 rings (SSSR count). The monoisotopic (exact) mass is 403 g/mol. The Hall–Kier alpha value is -1.19. The number of hydrogen-bond acceptors (Lipinski definition) is 2. The first-order valence-electron chi connectivity index (χ1n) is 9.61. The van der Waals surface area contributed by atoms with E-state index in [1.807, 2.05) is 50.2 Å². The van der Waals surface area contributed by atoms with Crippen LogP contribution in [0, 0.1) is 5.92 Å². The number of aldehydes is 1. The van der Waals surface area contributed by atoms with E-state index in [9.17, 15) is 4.79 Å². The summed E-state index contributed by atoms with van der Waals surface area (Å²) in [6, 6.07) is 11.6. The molecule has 1 aliphatic heterocycles. The molecule has 0 bridgehead atoms. The molecule has 0 unspecified atom stereocenters. The van der Waals surface area contributed by atoms with Gasteiger partial charge in [0.05, 0.1) is 0 Å². The Morgan fingerprint density at radius 1 is 1.00 bits per heavy atom. The van der Waals surface area contributed by atoms with Crippen molar-refractivity contribution in [2.24, 2.45) is 5.92 Å². The van der Waals surface area contributed by atoms with E-state index >= 15 is 0 Å². The van der Waals surface area contributed by atoms with Gasteiger partial charge < -0.3 is 4.90 Å². The lowest BCUT2D eigenvalue weighted by Gasteiger charge is -2.26. The van der Waals surface area contributed by atoms with Crippen LogP contribution in [0.1, 0.15) is 56.3 Å². The molecule has 0 amide bonds. The highest BCUT2D eigenvalue weighted by atomic mass is 79.9. The molecular formula is C22H30BrNO. The minimum absolute atomic E-state index is 0.717. The summed E-state index contributed by atoms with van der Waals surface area (Å²) in [5, 5.41) is 2.23. The molecule has 0 radical (unpaired) electrons. The van der Waals surface area contributed by atoms with Gasteiger partial charge in [0, 0.05) is 16.6 Å². The summed E-state index contributed by atoms with van der Waals surface area (Å²) in [5.74, 6) is 1.10. The van der Waals surface area contributed by atoms with Crippen molar-refractivity contribution in [3.63, 3.8) is 0 Å². The third-order valence-electron chi connectivity index (χ3n) is 4.62. The largest absolute Gasteiger partial charge is 0.303 e. The van der Waals surface area contributed by atoms with Crippen molar-refractivity contribution in [3.8, 4) is 0 Å². The third-order valence-corrected chi connectivity index (χ3v) is 5.12. The van der Waals surface area contributed by atoms with Crippen LogP contribution in [0.2, 0.25) is 0 Å². The summed E-state index contributed by atoms with van der Waals surface area (Å²) < 4.78 is 1.05. The molecule has 0 spiro atoms. The smallest absolute Gasteiger partial charge is 0.150 e. The second kappa shape index (κ2) is 10.7. The number of rotatable bonds is 3. The topological polar surface area (TPSA) is 20.3 Å². The number of piperidine rings is 1. The lowest BCUT2D eigenvalue weighted by molar-refractivity contribution is 0.112. The van der Waals surface area contributed by atoms with Crippen LogP contribution in [0.15, 0.2) is 40.9 Å². The van der Waals surface area contributed by atoms with Crippen LogP contribution >= 0.6 is 15.9 Å². The molecule has 2 nitrogen and oxygen atoms in total. The average molecular weight is 404 g/mol. The number of fused-ring (bicyclic) bond motifs is 1. The van der Waals surface area contributed by atoms with Crippen molar-refractivity contribution in [2.75, 3.05) is 19.6 Å². The minimum Gasteiger partial charge on any atom is -0.303 e. The van der Waals surface area contributed by atoms with Crippen molar-refractivity contribution >= 4 is 33.0 Å². The number of halogens is 1. The molecule has 2 aromatic carbocycles. The molecule has 25 heavy (non-hydrogen) atoms. The second-order valence-electron chi connectivity index (χ2n) is 6.67. The van der Waals surface area contributed by atoms with E-state index in [1.165, 1.54) is 51.7 Å². The number of benzene rings is 2. The predicted molar refractivity (Wildman–Crippen MR) is 111 cm³/mol. The first-order chi connectivity index (χ1) is 12.2. The Labute approximate surface area is 160 Å². The number of nitrogens with zero attached hydrogens (tertiary/aromatic N) is 1. The molecule has 0 N–H and O–H groups in total. The summed E-state index contributed by atoms with van der Waals surface area (Å²) in [4.78, 5) is 13.2. The van der Waals surface area contributed by atoms with Gasteiger partial charge in [-0.25, -0.2) is 0 Å². The molecule has 1 saturated carbocycles. The van der Waals surface area contributed by atoms with Crippen LogP contribution in [0.3, 0.4) is 0 Å². The van der Waals surface area contributed by atoms with Crippen LogP contribution < -0.4 is 0 Å². The quantitative estimate of drug-likeness (QED) is 0.558. The van der Waals surface area contributed by atoms with Gasteiger partial charge in [-0.2, -0.15) is 0 Å². The maximum atomic E-state index is 10.5. The first-order valence-corrected chi connectivity index (χ1v) is 10.4. The van der Waals surface area contributed by atoms with E-state index in [-0.39, 0.29) is 0 Å². The van der Waals surface area contributed by atoms with Gasteiger partial charge in [-0.1, -0.05) is 54.4 Å². The van der Waals surface area contributed by atoms with E-state index in [1.54, 1.807) is 0 Å². The lowest BCUT2D eigenvalue weighted by atomic mass is 10.1. The van der Waals surface area contributed by atoms with Gasteiger partial charge in [-0.15, -0.1) is 0 Å². The van der Waals surface area contributed by atoms with E-state index in [0.29, 0.717) is 0 Å². The zero-order valence-electron chi connectivity index (χ0n) is 15.5. The Bertz CT molecular complexity index is 660. The van der Waals surface area contributed by atoms with Gasteiger partial charge >= 0.3 is 0 Å². The summed E-state index contributed by atoms with van der Waals surface area (Å²) in [6.45, 7) is 8.19. The zero-order valence-corrected chi connectivity index (χ0v) is 17.1. The highest BCUT2D eigenvalue weighted by Crippen LogP contribution is 2.30. The fraction of sp³-hybridized carbons (Fsp3) is 0.500. The van der Waals surface area contributed by atoms with Crippen LogP contribution in [-0.4, -0.2) is 30.8 Å². The van der Waals surface area contributed by atoms with Gasteiger partial charge in [-0.3, -0.25) is 4.79 Å². The molecule has 0 aromatic heterocycles. The molecule has 2 aromatic rings. The lowest BCUT2D eigenvalue weighted by Crippen LogP contribution is -2.31. The molecule has 136 valence electrons. The number of carbonyl (C=O) groups is 1. The van der Waals surface area contributed by atoms with Crippen molar-refractivity contribution in [2.45, 2.75) is 46.0 Å². The fourth-order valence-electron chi connectivity index (χ4n) is 3.12. The molecule has 2 fully saturated rings. The fourth-order valence-corrected chi connectivity index (χ4v) is 3.49. The Kier molecular flexibility index (Phi) is 8.63. The van der Waals surface area contributed by atoms with E-state index < -0.39 is 0 Å². The van der Waals surface area contributed by atoms with Crippen LogP contribution in [0.25, 0.3) is 10.8 Å². The first kappa shape index (κ1) is 20.1. The predicted octanol–water partition coefficient (Wildman–Crippen LogP) is 6.32. The number of likely N-dealkylation sites (tertiary alicyclic amines) is 1. The number of hydrogen-bond donors (Lipinski definition) is 0. The Morgan fingerprint density at radius 3 is 2.28 bits per heavy atom. The zero-order chi connectivity index (χ0) is 18.1. The SMILES string of the molecule is C1CCN(CC2CC2)CC1.CC.O=Cc1ccc2cc(Br)ccc2c1. The van der Waals surface area contributed by atoms with E-state index in [0.717, 1.165) is 33.0 Å². The summed E-state index contributed by atoms with van der Waals surface area (Å²) in [5.41, 5.74) is 0.717. The Morgan fingerprint density at radius 2 is 1.64 bits per heavy atom. The molecule has 0 atom stereocenters. The van der Waals surface area contributed by atoms with Crippen molar-refractivity contribution in [1.82, 2.24) is 4.90 Å². The molecule has 1 heterocycles. The molecule has 1 saturated heterocycles. The van der Waals surface area contributed by atoms with E-state index in [2.05, 4.69) is 20.8 Å². The highest BCUT2D eigenvalue weighted by molar-refractivity contribution is 9.10. The van der Waals surface area contributed by atoms with Gasteiger partial charge in [0.25, 0.3) is 0 Å². The van der Waals surface area contributed by atoms with Crippen LogP contribution in [0.4, 0.5) is 0 Å². The molecule has 2 aliphatic rings. The average Bonchev–Trinajstić information content (AvgIpc) is 3.48. The minimum atomic E-state index is 0.717. The third kappa shape index (κ3) is 6.91. The molecule has 3 heteroatoms. The van der Waals surface area contributed by atoms with Gasteiger partial charge in [0.2, 0.25) is 0 Å². The second-order valence-corrected chi connectivity index (χ2v) is 7.59. The molecule has 1 aliphatic carbocycles. The van der Waals surface area contributed by atoms with Crippen LogP contribution in [-0.2, 0) is 0 Å². The summed E-state index contributed by atoms with van der Waals surface area (Å²) >= 11 is 3.40. The van der Waals surface area contributed by atoms with Gasteiger partial charge in [0.1, 0.15) is 6.29 Å². The van der Waals surface area contributed by atoms with Crippen molar-refractivity contribution in [3.05, 3.63) is 46.4 Å². The maximum absolute atomic E-state index is 10.5. The summed E-state index contributed by atoms with van der Waals surface area (Å²) in [7, 11) is 0. The molecular weight excluding hydrogens is 374 g/mol. The van der Waals surface area contributed by atoms with Crippen molar-refractivity contribution < 1.29 is 4.79 Å². The maximum Gasteiger partial charge on any atom is 0.150 e. The normalized spacial score (nSPS) is 17.1. The number of carbonyl (C=O) groups excluding carboxylic acids is 1. The van der Waals surface area contributed by atoms with Crippen LogP contribution in [0.5, 0.6) is 0 Å². The van der Waals surface area contributed by atoms with Gasteiger partial charge in [0.15, 0.2) is 0 Å². The van der Waals surface area contributed by atoms with E-state index in [4.69, 9.17) is 0 Å². The standard InChI is InChI=1S/C11H7BrO.C9H17N.C2H6/c12-11-4-3-9-5-8(7-13)1-2-10(9)6-11;1-2-6-10(7-3-1)8-9-4-5-9;1-2/h1-7H;9H,1-8H2;1-2H3. The highest BCUT2D eigenvalue weighted by Gasteiger charge is 2.24. The van der Waals surface area contributed by atoms with Crippen molar-refractivity contribution in [1.29, 1.82) is 0 Å².